The van der Waals surface area contributed by atoms with Crippen LogP contribution in [0.1, 0.15) is 37.1 Å². The van der Waals surface area contributed by atoms with Crippen molar-refractivity contribution in [3.8, 4) is 0 Å². The van der Waals surface area contributed by atoms with Gasteiger partial charge in [0.05, 0.1) is 6.04 Å². The molecule has 0 aromatic carbocycles. The van der Waals surface area contributed by atoms with Crippen molar-refractivity contribution in [3.63, 3.8) is 0 Å². The van der Waals surface area contributed by atoms with Crippen LogP contribution in [-0.4, -0.2) is 26.4 Å². The molecule has 0 spiro atoms. The Morgan fingerprint density at radius 1 is 1.50 bits per heavy atom. The molecule has 1 aliphatic rings. The molecular formula is C10H15N5S. The molecule has 2 aromatic heterocycles. The van der Waals surface area contributed by atoms with Gasteiger partial charge >= 0.3 is 0 Å². The SMILES string of the molecule is CCc1nnc2sc(C3NCCC3C)nn12. The third-order valence-electron chi connectivity index (χ3n) is 3.19. The average Bonchev–Trinajstić information content (AvgIpc) is 2.90. The van der Waals surface area contributed by atoms with Gasteiger partial charge in [-0.25, -0.2) is 0 Å². The quantitative estimate of drug-likeness (QED) is 0.858. The molecule has 6 heteroatoms. The Morgan fingerprint density at radius 3 is 3.06 bits per heavy atom. The van der Waals surface area contributed by atoms with Gasteiger partial charge in [0, 0.05) is 6.42 Å². The number of fused-ring (bicyclic) bond motifs is 1. The molecule has 0 bridgehead atoms. The van der Waals surface area contributed by atoms with Gasteiger partial charge in [0.15, 0.2) is 5.82 Å². The summed E-state index contributed by atoms with van der Waals surface area (Å²) in [5.41, 5.74) is 0. The first-order chi connectivity index (χ1) is 7.79. The summed E-state index contributed by atoms with van der Waals surface area (Å²) in [5.74, 6) is 1.61. The predicted octanol–water partition coefficient (Wildman–Crippen LogP) is 1.42. The van der Waals surface area contributed by atoms with Gasteiger partial charge < -0.3 is 5.32 Å². The van der Waals surface area contributed by atoms with E-state index in [1.807, 2.05) is 4.52 Å². The molecule has 0 amide bonds. The molecular weight excluding hydrogens is 222 g/mol. The topological polar surface area (TPSA) is 55.1 Å². The van der Waals surface area contributed by atoms with Crippen LogP contribution in [0, 0.1) is 5.92 Å². The van der Waals surface area contributed by atoms with E-state index in [9.17, 15) is 0 Å². The van der Waals surface area contributed by atoms with Gasteiger partial charge in [0.2, 0.25) is 4.96 Å². The minimum absolute atomic E-state index is 0.399. The van der Waals surface area contributed by atoms with Crippen LogP contribution in [0.25, 0.3) is 4.96 Å². The molecule has 0 aliphatic carbocycles. The third kappa shape index (κ3) is 1.44. The molecule has 1 saturated heterocycles. The minimum atomic E-state index is 0.399. The molecule has 16 heavy (non-hydrogen) atoms. The summed E-state index contributed by atoms with van der Waals surface area (Å²) in [6.07, 6.45) is 2.10. The molecule has 3 heterocycles. The highest BCUT2D eigenvalue weighted by molar-refractivity contribution is 7.16. The van der Waals surface area contributed by atoms with E-state index in [-0.39, 0.29) is 0 Å². The van der Waals surface area contributed by atoms with Crippen LogP contribution in [0.4, 0.5) is 0 Å². The van der Waals surface area contributed by atoms with Gasteiger partial charge in [0.1, 0.15) is 5.01 Å². The molecule has 2 aromatic rings. The Bertz CT molecular complexity index is 502. The fourth-order valence-corrected chi connectivity index (χ4v) is 3.25. The standard InChI is InChI=1S/C10H15N5S/c1-3-7-12-13-10-15(7)14-9(16-10)8-6(2)4-5-11-8/h6,8,11H,3-5H2,1-2H3. The first-order valence-corrected chi connectivity index (χ1v) is 6.55. The highest BCUT2D eigenvalue weighted by atomic mass is 32.1. The van der Waals surface area contributed by atoms with E-state index in [4.69, 9.17) is 0 Å². The Kier molecular flexibility index (Phi) is 2.40. The van der Waals surface area contributed by atoms with E-state index in [0.29, 0.717) is 12.0 Å². The molecule has 0 saturated carbocycles. The lowest BCUT2D eigenvalue weighted by Crippen LogP contribution is -2.16. The summed E-state index contributed by atoms with van der Waals surface area (Å²) in [4.78, 5) is 0.910. The first-order valence-electron chi connectivity index (χ1n) is 5.74. The average molecular weight is 237 g/mol. The maximum absolute atomic E-state index is 4.62. The molecule has 1 aliphatic heterocycles. The molecule has 2 unspecified atom stereocenters. The number of hydrogen-bond acceptors (Lipinski definition) is 5. The second-order valence-corrected chi connectivity index (χ2v) is 5.29. The van der Waals surface area contributed by atoms with E-state index < -0.39 is 0 Å². The smallest absolute Gasteiger partial charge is 0.234 e. The van der Waals surface area contributed by atoms with Crippen LogP contribution in [0.3, 0.4) is 0 Å². The van der Waals surface area contributed by atoms with Crippen LogP contribution in [0.5, 0.6) is 0 Å². The number of aromatic nitrogens is 4. The van der Waals surface area contributed by atoms with Crippen LogP contribution in [0.15, 0.2) is 0 Å². The second-order valence-electron chi connectivity index (χ2n) is 4.30. The van der Waals surface area contributed by atoms with Crippen LogP contribution in [-0.2, 0) is 6.42 Å². The van der Waals surface area contributed by atoms with Crippen molar-refractivity contribution in [1.29, 1.82) is 0 Å². The summed E-state index contributed by atoms with van der Waals surface area (Å²) in [7, 11) is 0. The fraction of sp³-hybridized carbons (Fsp3) is 0.700. The highest BCUT2D eigenvalue weighted by Crippen LogP contribution is 2.31. The lowest BCUT2D eigenvalue weighted by atomic mass is 10.0. The van der Waals surface area contributed by atoms with Crippen molar-refractivity contribution < 1.29 is 0 Å². The maximum Gasteiger partial charge on any atom is 0.234 e. The molecule has 1 fully saturated rings. The van der Waals surface area contributed by atoms with Gasteiger partial charge in [-0.2, -0.15) is 9.61 Å². The second kappa shape index (κ2) is 3.78. The van der Waals surface area contributed by atoms with Crippen LogP contribution in [0.2, 0.25) is 0 Å². The van der Waals surface area contributed by atoms with Gasteiger partial charge in [-0.3, -0.25) is 0 Å². The summed E-state index contributed by atoms with van der Waals surface area (Å²) >= 11 is 1.65. The third-order valence-corrected chi connectivity index (χ3v) is 4.17. The Balaban J connectivity index is 2.01. The minimum Gasteiger partial charge on any atom is -0.308 e. The van der Waals surface area contributed by atoms with Gasteiger partial charge in [-0.1, -0.05) is 25.2 Å². The van der Waals surface area contributed by atoms with Crippen molar-refractivity contribution in [2.24, 2.45) is 5.92 Å². The number of hydrogen-bond donors (Lipinski definition) is 1. The van der Waals surface area contributed by atoms with Gasteiger partial charge in [-0.05, 0) is 18.9 Å². The first kappa shape index (κ1) is 10.2. The number of aryl methyl sites for hydroxylation is 1. The van der Waals surface area contributed by atoms with Crippen molar-refractivity contribution in [2.45, 2.75) is 32.7 Å². The van der Waals surface area contributed by atoms with E-state index in [1.165, 1.54) is 6.42 Å². The molecule has 86 valence electrons. The summed E-state index contributed by atoms with van der Waals surface area (Å²) in [6, 6.07) is 0.399. The van der Waals surface area contributed by atoms with Gasteiger partial charge in [-0.15, -0.1) is 10.2 Å². The van der Waals surface area contributed by atoms with Crippen molar-refractivity contribution in [2.75, 3.05) is 6.54 Å². The predicted molar refractivity (Wildman–Crippen MR) is 62.6 cm³/mol. The normalized spacial score (nSPS) is 25.6. The molecule has 3 rings (SSSR count). The zero-order valence-electron chi connectivity index (χ0n) is 9.47. The molecule has 2 atom stereocenters. The van der Waals surface area contributed by atoms with Crippen molar-refractivity contribution >= 4 is 16.3 Å². The Labute approximate surface area is 97.9 Å². The number of rotatable bonds is 2. The molecule has 0 radical (unpaired) electrons. The van der Waals surface area contributed by atoms with E-state index in [1.54, 1.807) is 11.3 Å². The summed E-state index contributed by atoms with van der Waals surface area (Å²) in [5, 5.41) is 17.5. The lowest BCUT2D eigenvalue weighted by Gasteiger charge is -2.10. The molecule has 1 N–H and O–H groups in total. The van der Waals surface area contributed by atoms with E-state index in [0.717, 1.165) is 28.8 Å². The van der Waals surface area contributed by atoms with Crippen LogP contribution < -0.4 is 5.32 Å². The monoisotopic (exact) mass is 237 g/mol. The van der Waals surface area contributed by atoms with E-state index in [2.05, 4.69) is 34.5 Å². The summed E-state index contributed by atoms with van der Waals surface area (Å²) in [6.45, 7) is 5.44. The highest BCUT2D eigenvalue weighted by Gasteiger charge is 2.28. The van der Waals surface area contributed by atoms with Crippen LogP contribution >= 0.6 is 11.3 Å². The Morgan fingerprint density at radius 2 is 2.38 bits per heavy atom. The zero-order chi connectivity index (χ0) is 11.1. The Hall–Kier alpha value is -1.01. The number of nitrogens with one attached hydrogen (secondary N) is 1. The van der Waals surface area contributed by atoms with Crippen molar-refractivity contribution in [1.82, 2.24) is 25.1 Å². The zero-order valence-corrected chi connectivity index (χ0v) is 10.3. The molecule has 5 nitrogen and oxygen atoms in total. The largest absolute Gasteiger partial charge is 0.308 e. The summed E-state index contributed by atoms with van der Waals surface area (Å²) < 4.78 is 1.88. The maximum atomic E-state index is 4.62. The number of nitrogens with zero attached hydrogens (tertiary/aromatic N) is 4. The van der Waals surface area contributed by atoms with Crippen molar-refractivity contribution in [3.05, 3.63) is 10.8 Å². The van der Waals surface area contributed by atoms with Gasteiger partial charge in [0.25, 0.3) is 0 Å². The fourth-order valence-electron chi connectivity index (χ4n) is 2.18. The van der Waals surface area contributed by atoms with E-state index >= 15 is 0 Å². The lowest BCUT2D eigenvalue weighted by molar-refractivity contribution is 0.495.